The summed E-state index contributed by atoms with van der Waals surface area (Å²) in [4.78, 5) is 12.4. The van der Waals surface area contributed by atoms with E-state index in [2.05, 4.69) is 11.4 Å². The first-order valence-electron chi connectivity index (χ1n) is 5.98. The number of hydrogen-bond acceptors (Lipinski definition) is 4. The quantitative estimate of drug-likeness (QED) is 0.734. The lowest BCUT2D eigenvalue weighted by molar-refractivity contribution is 0.0698. The molecule has 0 aliphatic carbocycles. The predicted molar refractivity (Wildman–Crippen MR) is 78.9 cm³/mol. The molecule has 19 heavy (non-hydrogen) atoms. The lowest BCUT2D eigenvalue weighted by Crippen LogP contribution is -2.19. The summed E-state index contributed by atoms with van der Waals surface area (Å²) in [6, 6.07) is 9.00. The first-order chi connectivity index (χ1) is 9.06. The van der Waals surface area contributed by atoms with Crippen molar-refractivity contribution in [2.45, 2.75) is 19.4 Å². The summed E-state index contributed by atoms with van der Waals surface area (Å²) >= 11 is 1.69. The largest absolute Gasteiger partial charge is 0.478 e. The Balaban J connectivity index is 2.13. The molecule has 1 heterocycles. The van der Waals surface area contributed by atoms with Crippen LogP contribution in [0.2, 0.25) is 0 Å². The number of hydrogen-bond donors (Lipinski definition) is 3. The number of carboxylic acid groups (broad SMARTS) is 1. The van der Waals surface area contributed by atoms with Gasteiger partial charge in [-0.05, 0) is 36.6 Å². The Bertz CT molecular complexity index is 567. The van der Waals surface area contributed by atoms with Crippen molar-refractivity contribution < 1.29 is 9.90 Å². The van der Waals surface area contributed by atoms with Crippen molar-refractivity contribution >= 4 is 28.7 Å². The topological polar surface area (TPSA) is 75.3 Å². The van der Waals surface area contributed by atoms with Gasteiger partial charge in [0.15, 0.2) is 0 Å². The second kappa shape index (κ2) is 5.75. The third-order valence-corrected chi connectivity index (χ3v) is 3.66. The van der Waals surface area contributed by atoms with Crippen molar-refractivity contribution in [3.63, 3.8) is 0 Å². The fourth-order valence-corrected chi connectivity index (χ4v) is 2.75. The Labute approximate surface area is 115 Å². The second-order valence-corrected chi connectivity index (χ2v) is 5.47. The summed E-state index contributed by atoms with van der Waals surface area (Å²) in [5.41, 5.74) is 7.07. The molecule has 0 aliphatic heterocycles. The van der Waals surface area contributed by atoms with E-state index in [0.717, 1.165) is 6.42 Å². The number of aromatic carboxylic acids is 1. The van der Waals surface area contributed by atoms with Gasteiger partial charge in [0.05, 0.1) is 11.3 Å². The minimum absolute atomic E-state index is 0.138. The molecule has 1 unspecified atom stereocenters. The molecule has 1 aromatic carbocycles. The van der Waals surface area contributed by atoms with Crippen molar-refractivity contribution in [3.05, 3.63) is 46.2 Å². The SMILES string of the molecule is CC(Cc1cccs1)Nc1cc(N)ccc1C(=O)O. The van der Waals surface area contributed by atoms with Gasteiger partial charge in [0.25, 0.3) is 0 Å². The van der Waals surface area contributed by atoms with Crippen molar-refractivity contribution in [1.29, 1.82) is 0 Å². The molecule has 0 saturated heterocycles. The van der Waals surface area contributed by atoms with E-state index in [1.807, 2.05) is 18.4 Å². The number of nitrogens with two attached hydrogens (primary N) is 1. The molecule has 0 spiro atoms. The van der Waals surface area contributed by atoms with Crippen molar-refractivity contribution in [2.75, 3.05) is 11.1 Å². The molecule has 0 radical (unpaired) electrons. The Hall–Kier alpha value is -2.01. The molecule has 1 atom stereocenters. The molecular formula is C14H16N2O2S. The molecule has 0 bridgehead atoms. The van der Waals surface area contributed by atoms with Crippen LogP contribution in [0.3, 0.4) is 0 Å². The van der Waals surface area contributed by atoms with Crippen molar-refractivity contribution in [1.82, 2.24) is 0 Å². The zero-order chi connectivity index (χ0) is 13.8. The number of carbonyl (C=O) groups is 1. The number of benzene rings is 1. The first kappa shape index (κ1) is 13.4. The molecule has 1 aromatic heterocycles. The van der Waals surface area contributed by atoms with Crippen LogP contribution in [0.15, 0.2) is 35.7 Å². The Morgan fingerprint density at radius 1 is 1.47 bits per heavy atom. The highest BCUT2D eigenvalue weighted by Crippen LogP contribution is 2.21. The van der Waals surface area contributed by atoms with Gasteiger partial charge < -0.3 is 16.2 Å². The summed E-state index contributed by atoms with van der Waals surface area (Å²) in [6.07, 6.45) is 0.853. The fourth-order valence-electron chi connectivity index (χ4n) is 1.91. The Morgan fingerprint density at radius 3 is 2.89 bits per heavy atom. The predicted octanol–water partition coefficient (Wildman–Crippen LogP) is 3.07. The van der Waals surface area contributed by atoms with Gasteiger partial charge in [0.1, 0.15) is 0 Å². The maximum absolute atomic E-state index is 11.2. The fraction of sp³-hybridized carbons (Fsp3) is 0.214. The van der Waals surface area contributed by atoms with Gasteiger partial charge in [-0.15, -0.1) is 11.3 Å². The maximum Gasteiger partial charge on any atom is 0.337 e. The van der Waals surface area contributed by atoms with E-state index in [4.69, 9.17) is 10.8 Å². The average molecular weight is 276 g/mol. The number of thiophene rings is 1. The number of carboxylic acids is 1. The van der Waals surface area contributed by atoms with Crippen LogP contribution in [0, 0.1) is 0 Å². The van der Waals surface area contributed by atoms with E-state index in [0.29, 0.717) is 11.4 Å². The molecule has 2 rings (SSSR count). The molecule has 5 heteroatoms. The molecule has 0 fully saturated rings. The lowest BCUT2D eigenvalue weighted by Gasteiger charge is -2.16. The van der Waals surface area contributed by atoms with Crippen LogP contribution in [0.1, 0.15) is 22.2 Å². The Kier molecular flexibility index (Phi) is 4.06. The average Bonchev–Trinajstić information content (AvgIpc) is 2.81. The summed E-state index contributed by atoms with van der Waals surface area (Å²) in [6.45, 7) is 2.02. The van der Waals surface area contributed by atoms with Gasteiger partial charge in [-0.3, -0.25) is 0 Å². The summed E-state index contributed by atoms with van der Waals surface area (Å²) < 4.78 is 0. The van der Waals surface area contributed by atoms with E-state index in [9.17, 15) is 4.79 Å². The zero-order valence-corrected chi connectivity index (χ0v) is 11.4. The van der Waals surface area contributed by atoms with Gasteiger partial charge in [-0.2, -0.15) is 0 Å². The molecule has 4 N–H and O–H groups in total. The normalized spacial score (nSPS) is 12.1. The molecule has 0 amide bonds. The molecule has 100 valence electrons. The summed E-state index contributed by atoms with van der Waals surface area (Å²) in [5.74, 6) is -0.953. The van der Waals surface area contributed by atoms with Gasteiger partial charge in [0.2, 0.25) is 0 Å². The second-order valence-electron chi connectivity index (χ2n) is 4.44. The van der Waals surface area contributed by atoms with Crippen LogP contribution in [0.25, 0.3) is 0 Å². The summed E-state index contributed by atoms with van der Waals surface area (Å²) in [7, 11) is 0. The number of nitrogen functional groups attached to an aromatic ring is 1. The van der Waals surface area contributed by atoms with Gasteiger partial charge in [-0.1, -0.05) is 6.07 Å². The van der Waals surface area contributed by atoms with Gasteiger partial charge in [0, 0.05) is 23.0 Å². The van der Waals surface area contributed by atoms with Crippen LogP contribution < -0.4 is 11.1 Å². The van der Waals surface area contributed by atoms with E-state index in [1.165, 1.54) is 10.9 Å². The van der Waals surface area contributed by atoms with E-state index < -0.39 is 5.97 Å². The van der Waals surface area contributed by atoms with E-state index >= 15 is 0 Å². The van der Waals surface area contributed by atoms with E-state index in [1.54, 1.807) is 23.5 Å². The molecule has 2 aromatic rings. The highest BCUT2D eigenvalue weighted by Gasteiger charge is 2.12. The van der Waals surface area contributed by atoms with Gasteiger partial charge in [-0.25, -0.2) is 4.79 Å². The third kappa shape index (κ3) is 3.48. The highest BCUT2D eigenvalue weighted by molar-refractivity contribution is 7.09. The minimum Gasteiger partial charge on any atom is -0.478 e. The Morgan fingerprint density at radius 2 is 2.26 bits per heavy atom. The lowest BCUT2D eigenvalue weighted by atomic mass is 10.1. The zero-order valence-electron chi connectivity index (χ0n) is 10.6. The molecule has 0 saturated carbocycles. The maximum atomic E-state index is 11.2. The highest BCUT2D eigenvalue weighted by atomic mass is 32.1. The number of nitrogens with one attached hydrogen (secondary N) is 1. The standard InChI is InChI=1S/C14H16N2O2S/c1-9(7-11-3-2-6-19-11)16-13-8-10(15)4-5-12(13)14(17)18/h2-6,8-9,16H,7,15H2,1H3,(H,17,18). The summed E-state index contributed by atoms with van der Waals surface area (Å²) in [5, 5.41) is 14.4. The van der Waals surface area contributed by atoms with Crippen LogP contribution in [0.4, 0.5) is 11.4 Å². The van der Waals surface area contributed by atoms with Gasteiger partial charge >= 0.3 is 5.97 Å². The third-order valence-electron chi connectivity index (χ3n) is 2.76. The monoisotopic (exact) mass is 276 g/mol. The van der Waals surface area contributed by atoms with Crippen LogP contribution in [-0.4, -0.2) is 17.1 Å². The van der Waals surface area contributed by atoms with Crippen molar-refractivity contribution in [2.24, 2.45) is 0 Å². The first-order valence-corrected chi connectivity index (χ1v) is 6.86. The molecular weight excluding hydrogens is 260 g/mol. The molecule has 0 aliphatic rings. The van der Waals surface area contributed by atoms with Crippen molar-refractivity contribution in [3.8, 4) is 0 Å². The molecule has 4 nitrogen and oxygen atoms in total. The van der Waals surface area contributed by atoms with Crippen LogP contribution >= 0.6 is 11.3 Å². The number of rotatable bonds is 5. The smallest absolute Gasteiger partial charge is 0.337 e. The van der Waals surface area contributed by atoms with Crippen LogP contribution in [0.5, 0.6) is 0 Å². The van der Waals surface area contributed by atoms with Crippen LogP contribution in [-0.2, 0) is 6.42 Å². The minimum atomic E-state index is -0.953. The van der Waals surface area contributed by atoms with E-state index in [-0.39, 0.29) is 11.6 Å². The number of anilines is 2.